The Bertz CT molecular complexity index is 91.1. The summed E-state index contributed by atoms with van der Waals surface area (Å²) in [6.07, 6.45) is 0. The van der Waals surface area contributed by atoms with Crippen LogP contribution in [0.5, 0.6) is 0 Å². The maximum atomic E-state index is 10.5. The largest absolute Gasteiger partial charge is 0.279 e. The van der Waals surface area contributed by atoms with Gasteiger partial charge in [-0.25, -0.2) is 5.01 Å². The zero-order valence-corrected chi connectivity index (χ0v) is 5.80. The summed E-state index contributed by atoms with van der Waals surface area (Å²) in [6, 6.07) is 0. The van der Waals surface area contributed by atoms with E-state index in [0.717, 1.165) is 0 Å². The van der Waals surface area contributed by atoms with Gasteiger partial charge < -0.3 is 0 Å². The Hall–Kier alpha value is -0.570. The minimum Gasteiger partial charge on any atom is -0.279 e. The zero-order chi connectivity index (χ0) is 6.73. The molecule has 0 atom stereocenters. The summed E-state index contributed by atoms with van der Waals surface area (Å²) in [5.41, 5.74) is 0. The topological polar surface area (TPSA) is 23.6 Å². The molecule has 0 bridgehead atoms. The molecule has 0 unspecified atom stereocenters. The highest BCUT2D eigenvalue weighted by atomic mass is 16.2. The summed E-state index contributed by atoms with van der Waals surface area (Å²) in [5, 5.41) is 3.25. The number of carbonyl (C=O) groups excluding carboxylic acids is 1. The van der Waals surface area contributed by atoms with E-state index in [1.54, 1.807) is 12.1 Å². The van der Waals surface area contributed by atoms with Gasteiger partial charge in [-0.3, -0.25) is 9.80 Å². The van der Waals surface area contributed by atoms with Crippen molar-refractivity contribution in [2.75, 3.05) is 21.1 Å². The molecule has 0 aliphatic rings. The predicted molar refractivity (Wildman–Crippen MR) is 38.9 cm³/mol. The van der Waals surface area contributed by atoms with E-state index in [-0.39, 0.29) is 13.3 Å². The lowest BCUT2D eigenvalue weighted by Gasteiger charge is -2.21. The van der Waals surface area contributed by atoms with Crippen molar-refractivity contribution >= 4 is 5.91 Å². The standard InChI is InChI=1S/C5H12N2O.CH4/c1-5(8)7(4)6(2)3;/h1-4H3;1H4. The van der Waals surface area contributed by atoms with E-state index >= 15 is 0 Å². The van der Waals surface area contributed by atoms with Crippen molar-refractivity contribution in [2.45, 2.75) is 14.4 Å². The molecule has 0 aliphatic carbocycles. The van der Waals surface area contributed by atoms with Gasteiger partial charge in [0.15, 0.2) is 0 Å². The zero-order valence-electron chi connectivity index (χ0n) is 5.80. The predicted octanol–water partition coefficient (Wildman–Crippen LogP) is 0.577. The number of carbonyl (C=O) groups is 1. The van der Waals surface area contributed by atoms with E-state index < -0.39 is 0 Å². The summed E-state index contributed by atoms with van der Waals surface area (Å²) in [4.78, 5) is 10.5. The number of rotatable bonds is 1. The van der Waals surface area contributed by atoms with Gasteiger partial charge in [0.05, 0.1) is 0 Å². The molecule has 0 radical (unpaired) electrons. The molecule has 0 saturated carbocycles. The van der Waals surface area contributed by atoms with Crippen LogP contribution in [0.2, 0.25) is 0 Å². The molecule has 0 heterocycles. The molecule has 0 saturated heterocycles. The van der Waals surface area contributed by atoms with Crippen molar-refractivity contribution in [1.29, 1.82) is 0 Å². The second kappa shape index (κ2) is 4.32. The van der Waals surface area contributed by atoms with Crippen molar-refractivity contribution in [3.8, 4) is 0 Å². The van der Waals surface area contributed by atoms with Crippen LogP contribution in [0.1, 0.15) is 14.4 Å². The van der Waals surface area contributed by atoms with E-state index in [0.29, 0.717) is 0 Å². The molecule has 9 heavy (non-hydrogen) atoms. The Morgan fingerprint density at radius 1 is 1.22 bits per heavy atom. The summed E-state index contributed by atoms with van der Waals surface area (Å²) in [7, 11) is 5.37. The number of hydrogen-bond acceptors (Lipinski definition) is 2. The Kier molecular flexibility index (Phi) is 5.41. The molecular formula is C6H16N2O. The molecule has 56 valence electrons. The molecule has 0 aromatic carbocycles. The minimum atomic E-state index is 0. The Morgan fingerprint density at radius 3 is 1.56 bits per heavy atom. The van der Waals surface area contributed by atoms with E-state index in [1.807, 2.05) is 14.1 Å². The maximum Gasteiger partial charge on any atom is 0.233 e. The van der Waals surface area contributed by atoms with Crippen LogP contribution >= 0.6 is 0 Å². The highest BCUT2D eigenvalue weighted by Crippen LogP contribution is 1.83. The quantitative estimate of drug-likeness (QED) is 0.487. The van der Waals surface area contributed by atoms with Crippen LogP contribution in [0.25, 0.3) is 0 Å². The second-order valence-corrected chi connectivity index (χ2v) is 1.89. The molecule has 0 spiro atoms. The van der Waals surface area contributed by atoms with E-state index in [2.05, 4.69) is 0 Å². The Balaban J connectivity index is 0. The van der Waals surface area contributed by atoms with Gasteiger partial charge >= 0.3 is 0 Å². The van der Waals surface area contributed by atoms with E-state index in [1.165, 1.54) is 11.9 Å². The monoisotopic (exact) mass is 132 g/mol. The highest BCUT2D eigenvalue weighted by molar-refractivity contribution is 5.72. The van der Waals surface area contributed by atoms with Crippen LogP contribution in [0.15, 0.2) is 0 Å². The van der Waals surface area contributed by atoms with Gasteiger partial charge in [0, 0.05) is 28.1 Å². The highest BCUT2D eigenvalue weighted by Gasteiger charge is 2.00. The van der Waals surface area contributed by atoms with Gasteiger partial charge in [-0.05, 0) is 0 Å². The Labute approximate surface area is 57.2 Å². The fourth-order valence-corrected chi connectivity index (χ4v) is 0.282. The lowest BCUT2D eigenvalue weighted by atomic mass is 10.7. The first-order chi connectivity index (χ1) is 3.55. The average Bonchev–Trinajstić information content (AvgIpc) is 1.64. The molecule has 0 aromatic rings. The van der Waals surface area contributed by atoms with Gasteiger partial charge in [-0.2, -0.15) is 0 Å². The first-order valence-electron chi connectivity index (χ1n) is 2.47. The van der Waals surface area contributed by atoms with Crippen LogP contribution in [-0.2, 0) is 4.79 Å². The van der Waals surface area contributed by atoms with Gasteiger partial charge in [-0.1, -0.05) is 7.43 Å². The molecule has 3 heteroatoms. The number of amides is 1. The van der Waals surface area contributed by atoms with Crippen molar-refractivity contribution in [2.24, 2.45) is 0 Å². The van der Waals surface area contributed by atoms with Crippen molar-refractivity contribution < 1.29 is 4.79 Å². The molecule has 0 fully saturated rings. The lowest BCUT2D eigenvalue weighted by molar-refractivity contribution is -0.139. The third-order valence-electron chi connectivity index (χ3n) is 1.06. The summed E-state index contributed by atoms with van der Waals surface area (Å²) in [6.45, 7) is 1.53. The van der Waals surface area contributed by atoms with Gasteiger partial charge in [-0.15, -0.1) is 0 Å². The van der Waals surface area contributed by atoms with E-state index in [4.69, 9.17) is 0 Å². The number of nitrogens with zero attached hydrogens (tertiary/aromatic N) is 2. The molecule has 0 N–H and O–H groups in total. The Morgan fingerprint density at radius 2 is 1.56 bits per heavy atom. The minimum absolute atomic E-state index is 0. The molecule has 0 aromatic heterocycles. The molecular weight excluding hydrogens is 116 g/mol. The average molecular weight is 132 g/mol. The van der Waals surface area contributed by atoms with Crippen LogP contribution in [-0.4, -0.2) is 37.1 Å². The van der Waals surface area contributed by atoms with Gasteiger partial charge in [0.2, 0.25) is 5.91 Å². The van der Waals surface area contributed by atoms with Crippen molar-refractivity contribution in [3.05, 3.63) is 0 Å². The van der Waals surface area contributed by atoms with Gasteiger partial charge in [0.1, 0.15) is 0 Å². The third-order valence-corrected chi connectivity index (χ3v) is 1.06. The fourth-order valence-electron chi connectivity index (χ4n) is 0.282. The first-order valence-corrected chi connectivity index (χ1v) is 2.47. The van der Waals surface area contributed by atoms with Crippen molar-refractivity contribution in [1.82, 2.24) is 10.0 Å². The molecule has 1 amide bonds. The van der Waals surface area contributed by atoms with Crippen LogP contribution < -0.4 is 0 Å². The summed E-state index contributed by atoms with van der Waals surface area (Å²) < 4.78 is 0. The maximum absolute atomic E-state index is 10.5. The normalized spacial score (nSPS) is 8.56. The third kappa shape index (κ3) is 3.97. The molecule has 0 aliphatic heterocycles. The first kappa shape index (κ1) is 11.3. The van der Waals surface area contributed by atoms with Crippen molar-refractivity contribution in [3.63, 3.8) is 0 Å². The number of hydrogen-bond donors (Lipinski definition) is 0. The summed E-state index contributed by atoms with van der Waals surface area (Å²) in [5.74, 6) is 0.0509. The SMILES string of the molecule is C.CC(=O)N(C)N(C)C. The molecule has 3 nitrogen and oxygen atoms in total. The van der Waals surface area contributed by atoms with Crippen LogP contribution in [0.3, 0.4) is 0 Å². The second-order valence-electron chi connectivity index (χ2n) is 1.89. The lowest BCUT2D eigenvalue weighted by Crippen LogP contribution is -2.36. The van der Waals surface area contributed by atoms with Crippen LogP contribution in [0.4, 0.5) is 0 Å². The number of hydrazine groups is 1. The summed E-state index contributed by atoms with van der Waals surface area (Å²) >= 11 is 0. The van der Waals surface area contributed by atoms with Gasteiger partial charge in [0.25, 0.3) is 0 Å². The van der Waals surface area contributed by atoms with Crippen LogP contribution in [0, 0.1) is 0 Å². The fraction of sp³-hybridized carbons (Fsp3) is 0.833. The smallest absolute Gasteiger partial charge is 0.233 e. The molecule has 0 rings (SSSR count). The van der Waals surface area contributed by atoms with E-state index in [9.17, 15) is 4.79 Å².